The lowest BCUT2D eigenvalue weighted by Crippen LogP contribution is -2.14. The Morgan fingerprint density at radius 1 is 0.556 bits per heavy atom. The molecule has 0 saturated heterocycles. The lowest BCUT2D eigenvalue weighted by molar-refractivity contribution is 0.660. The lowest BCUT2D eigenvalue weighted by Gasteiger charge is -2.22. The number of aromatic nitrogens is 1. The topological polar surface area (TPSA) is 12.9 Å². The van der Waals surface area contributed by atoms with Gasteiger partial charge in [0.1, 0.15) is 0 Å². The fourth-order valence-corrected chi connectivity index (χ4v) is 6.30. The van der Waals surface area contributed by atoms with Crippen LogP contribution in [0.15, 0.2) is 109 Å². The third kappa shape index (κ3) is 2.93. The molecule has 0 fully saturated rings. The molecule has 1 aliphatic carbocycles. The van der Waals surface area contributed by atoms with E-state index in [1.54, 1.807) is 0 Å². The monoisotopic (exact) mass is 461 g/mol. The van der Waals surface area contributed by atoms with Gasteiger partial charge in [0.05, 0.1) is 0 Å². The highest BCUT2D eigenvalue weighted by atomic mass is 14.6. The molecule has 36 heavy (non-hydrogen) atoms. The normalized spacial score (nSPS) is 13.6. The number of aryl methyl sites for hydroxylation is 1. The highest BCUT2D eigenvalue weighted by Gasteiger charge is 2.35. The van der Waals surface area contributed by atoms with E-state index in [1.165, 1.54) is 66.1 Å². The zero-order valence-electron chi connectivity index (χ0n) is 20.8. The van der Waals surface area contributed by atoms with Crippen LogP contribution in [-0.4, -0.2) is 4.98 Å². The summed E-state index contributed by atoms with van der Waals surface area (Å²) in [7, 11) is 0. The second-order valence-electron chi connectivity index (χ2n) is 10.5. The van der Waals surface area contributed by atoms with Crippen LogP contribution in [0.2, 0.25) is 0 Å². The Balaban J connectivity index is 1.60. The average molecular weight is 462 g/mol. The van der Waals surface area contributed by atoms with Gasteiger partial charge < -0.3 is 0 Å². The molecule has 0 bridgehead atoms. The van der Waals surface area contributed by atoms with Gasteiger partial charge in [0.25, 0.3) is 0 Å². The second kappa shape index (κ2) is 7.63. The van der Waals surface area contributed by atoms with E-state index in [1.807, 2.05) is 18.5 Å². The first-order valence-corrected chi connectivity index (χ1v) is 12.6. The number of rotatable bonds is 2. The van der Waals surface area contributed by atoms with E-state index in [2.05, 4.69) is 117 Å². The smallest absolute Gasteiger partial charge is 0.0346 e. The molecular weight excluding hydrogens is 434 g/mol. The van der Waals surface area contributed by atoms with Crippen molar-refractivity contribution in [1.29, 1.82) is 0 Å². The maximum absolute atomic E-state index is 4.45. The molecule has 5 aromatic carbocycles. The van der Waals surface area contributed by atoms with Gasteiger partial charge in [0.15, 0.2) is 0 Å². The fourth-order valence-electron chi connectivity index (χ4n) is 6.30. The number of hydrogen-bond acceptors (Lipinski definition) is 1. The van der Waals surface area contributed by atoms with Crippen LogP contribution in [0.1, 0.15) is 30.5 Å². The van der Waals surface area contributed by atoms with Gasteiger partial charge >= 0.3 is 0 Å². The summed E-state index contributed by atoms with van der Waals surface area (Å²) in [4.78, 5) is 4.45. The van der Waals surface area contributed by atoms with Crippen molar-refractivity contribution in [2.45, 2.75) is 26.2 Å². The van der Waals surface area contributed by atoms with Crippen molar-refractivity contribution in [1.82, 2.24) is 4.98 Å². The summed E-state index contributed by atoms with van der Waals surface area (Å²) in [5.41, 5.74) is 11.8. The van der Waals surface area contributed by atoms with E-state index in [4.69, 9.17) is 0 Å². The van der Waals surface area contributed by atoms with Gasteiger partial charge in [-0.1, -0.05) is 104 Å². The van der Waals surface area contributed by atoms with Gasteiger partial charge in [-0.2, -0.15) is 0 Å². The molecule has 172 valence electrons. The maximum atomic E-state index is 4.45. The molecule has 1 heteroatoms. The predicted molar refractivity (Wildman–Crippen MR) is 152 cm³/mol. The van der Waals surface area contributed by atoms with Crippen molar-refractivity contribution < 1.29 is 0 Å². The molecule has 1 nitrogen and oxygen atoms in total. The molecular formula is C35H27N. The Morgan fingerprint density at radius 2 is 1.25 bits per heavy atom. The van der Waals surface area contributed by atoms with E-state index < -0.39 is 0 Å². The summed E-state index contributed by atoms with van der Waals surface area (Å²) >= 11 is 0. The van der Waals surface area contributed by atoms with Gasteiger partial charge in [-0.25, -0.2) is 0 Å². The van der Waals surface area contributed by atoms with Crippen molar-refractivity contribution in [2.24, 2.45) is 0 Å². The highest BCUT2D eigenvalue weighted by Crippen LogP contribution is 2.51. The molecule has 0 radical (unpaired) electrons. The molecule has 0 spiro atoms. The zero-order chi connectivity index (χ0) is 24.4. The van der Waals surface area contributed by atoms with Gasteiger partial charge in [0.2, 0.25) is 0 Å². The van der Waals surface area contributed by atoms with Crippen molar-refractivity contribution in [3.05, 3.63) is 126 Å². The molecule has 7 rings (SSSR count). The molecule has 0 N–H and O–H groups in total. The quantitative estimate of drug-likeness (QED) is 0.234. The molecule has 6 aromatic rings. The van der Waals surface area contributed by atoms with Crippen molar-refractivity contribution in [3.8, 4) is 33.4 Å². The number of nitrogens with zero attached hydrogens (tertiary/aromatic N) is 1. The van der Waals surface area contributed by atoms with Crippen LogP contribution in [0.25, 0.3) is 54.9 Å². The zero-order valence-corrected chi connectivity index (χ0v) is 20.8. The summed E-state index contributed by atoms with van der Waals surface area (Å²) in [5.74, 6) is 0. The van der Waals surface area contributed by atoms with Crippen LogP contribution < -0.4 is 0 Å². The van der Waals surface area contributed by atoms with Crippen LogP contribution in [0.4, 0.5) is 0 Å². The van der Waals surface area contributed by atoms with Crippen LogP contribution in [0.3, 0.4) is 0 Å². The first-order chi connectivity index (χ1) is 17.5. The molecule has 1 aromatic heterocycles. The molecule has 0 aliphatic heterocycles. The molecule has 0 unspecified atom stereocenters. The van der Waals surface area contributed by atoms with E-state index in [-0.39, 0.29) is 5.41 Å². The van der Waals surface area contributed by atoms with E-state index >= 15 is 0 Å². The Hall–Kier alpha value is -4.23. The van der Waals surface area contributed by atoms with Gasteiger partial charge in [0, 0.05) is 23.4 Å². The summed E-state index contributed by atoms with van der Waals surface area (Å²) in [6, 6.07) is 35.9. The minimum Gasteiger partial charge on any atom is -0.264 e. The van der Waals surface area contributed by atoms with Crippen LogP contribution >= 0.6 is 0 Å². The molecule has 0 atom stereocenters. The fraction of sp³-hybridized carbons (Fsp3) is 0.114. The average Bonchev–Trinajstić information content (AvgIpc) is 3.14. The molecule has 0 saturated carbocycles. The summed E-state index contributed by atoms with van der Waals surface area (Å²) < 4.78 is 0. The highest BCUT2D eigenvalue weighted by molar-refractivity contribution is 6.21. The third-order valence-electron chi connectivity index (χ3n) is 8.00. The van der Waals surface area contributed by atoms with Crippen molar-refractivity contribution in [3.63, 3.8) is 0 Å². The van der Waals surface area contributed by atoms with Crippen molar-refractivity contribution >= 4 is 21.5 Å². The second-order valence-corrected chi connectivity index (χ2v) is 10.5. The Morgan fingerprint density at radius 3 is 2.03 bits per heavy atom. The number of pyridine rings is 1. The number of benzene rings is 5. The summed E-state index contributed by atoms with van der Waals surface area (Å²) in [6.07, 6.45) is 3.82. The SMILES string of the molecule is Cc1ccc2c(-c3cccnc3)c3ccccc3c(-c3ccc4c(c3)-c3ccccc3C4(C)C)c2c1. The van der Waals surface area contributed by atoms with Crippen LogP contribution in [0, 0.1) is 6.92 Å². The maximum Gasteiger partial charge on any atom is 0.0346 e. The van der Waals surface area contributed by atoms with Gasteiger partial charge in [-0.05, 0) is 79.5 Å². The Bertz CT molecular complexity index is 1810. The minimum atomic E-state index is 0.00927. The van der Waals surface area contributed by atoms with E-state index in [9.17, 15) is 0 Å². The number of hydrogen-bond donors (Lipinski definition) is 0. The van der Waals surface area contributed by atoms with E-state index in [0.29, 0.717) is 0 Å². The van der Waals surface area contributed by atoms with Gasteiger partial charge in [-0.3, -0.25) is 4.98 Å². The van der Waals surface area contributed by atoms with Crippen molar-refractivity contribution in [2.75, 3.05) is 0 Å². The number of fused-ring (bicyclic) bond motifs is 5. The Labute approximate surface area is 212 Å². The standard InChI is InChI=1S/C35H27N/c1-22-14-16-28-30(19-22)33(26-11-4-5-12-27(26)34(28)24-9-8-18-36-21-24)23-15-17-32-29(20-23)25-10-6-7-13-31(25)35(32,2)3/h4-21H,1-3H3. The minimum absolute atomic E-state index is 0.00927. The first-order valence-electron chi connectivity index (χ1n) is 12.6. The third-order valence-corrected chi connectivity index (χ3v) is 8.00. The lowest BCUT2D eigenvalue weighted by atomic mass is 9.81. The first kappa shape index (κ1) is 21.1. The summed E-state index contributed by atoms with van der Waals surface area (Å²) in [6.45, 7) is 6.87. The predicted octanol–water partition coefficient (Wildman–Crippen LogP) is 9.34. The largest absolute Gasteiger partial charge is 0.264 e. The van der Waals surface area contributed by atoms with E-state index in [0.717, 1.165) is 5.56 Å². The Kier molecular flexibility index (Phi) is 4.47. The van der Waals surface area contributed by atoms with Crippen LogP contribution in [0.5, 0.6) is 0 Å². The molecule has 1 heterocycles. The van der Waals surface area contributed by atoms with Crippen LogP contribution in [-0.2, 0) is 5.41 Å². The summed E-state index contributed by atoms with van der Waals surface area (Å²) in [5, 5.41) is 5.10. The van der Waals surface area contributed by atoms with Gasteiger partial charge in [-0.15, -0.1) is 0 Å². The molecule has 1 aliphatic rings. The molecule has 0 amide bonds.